The first-order chi connectivity index (χ1) is 5.27. The molecule has 2 atom stereocenters. The molecule has 0 aromatic rings. The summed E-state index contributed by atoms with van der Waals surface area (Å²) >= 11 is 0. The summed E-state index contributed by atoms with van der Waals surface area (Å²) in [7, 11) is 0. The molecule has 1 aliphatic heterocycles. The average molecular weight is 155 g/mol. The normalized spacial score (nSPS) is 32.5. The van der Waals surface area contributed by atoms with Crippen molar-refractivity contribution in [1.29, 1.82) is 0 Å². The zero-order valence-electron chi connectivity index (χ0n) is 7.42. The highest BCUT2D eigenvalue weighted by atomic mass is 16.1. The monoisotopic (exact) mass is 155 g/mol. The van der Waals surface area contributed by atoms with Gasteiger partial charge in [-0.15, -0.1) is 0 Å². The van der Waals surface area contributed by atoms with Gasteiger partial charge in [-0.05, 0) is 18.8 Å². The van der Waals surface area contributed by atoms with E-state index in [0.717, 1.165) is 18.7 Å². The van der Waals surface area contributed by atoms with Gasteiger partial charge in [-0.1, -0.05) is 13.8 Å². The molecule has 1 aliphatic rings. The van der Waals surface area contributed by atoms with Crippen LogP contribution in [0.25, 0.3) is 0 Å². The summed E-state index contributed by atoms with van der Waals surface area (Å²) in [4.78, 5) is 12.6. The van der Waals surface area contributed by atoms with Crippen LogP contribution in [-0.2, 0) is 4.79 Å². The molecule has 1 saturated heterocycles. The predicted octanol–water partition coefficient (Wildman–Crippen LogP) is 1.31. The number of hydrogen-bond donors (Lipinski definition) is 0. The smallest absolute Gasteiger partial charge is 0.133 e. The Labute approximate surface area is 68.6 Å². The van der Waals surface area contributed by atoms with Crippen molar-refractivity contribution in [2.24, 2.45) is 5.92 Å². The van der Waals surface area contributed by atoms with Crippen molar-refractivity contribution in [3.8, 4) is 0 Å². The second-order valence-corrected chi connectivity index (χ2v) is 3.52. The highest BCUT2D eigenvalue weighted by Crippen LogP contribution is 2.23. The SMILES string of the molecule is CCC1CC(C)CN1CC=O. The van der Waals surface area contributed by atoms with Gasteiger partial charge in [0, 0.05) is 12.6 Å². The lowest BCUT2D eigenvalue weighted by molar-refractivity contribution is -0.109. The molecule has 0 radical (unpaired) electrons. The Morgan fingerprint density at radius 2 is 2.36 bits per heavy atom. The molecular formula is C9H17NO. The van der Waals surface area contributed by atoms with Gasteiger partial charge in [-0.3, -0.25) is 4.90 Å². The Kier molecular flexibility index (Phi) is 3.06. The number of carbonyl (C=O) groups is 1. The van der Waals surface area contributed by atoms with Gasteiger partial charge in [-0.2, -0.15) is 0 Å². The topological polar surface area (TPSA) is 20.3 Å². The van der Waals surface area contributed by atoms with Gasteiger partial charge in [0.15, 0.2) is 0 Å². The number of likely N-dealkylation sites (tertiary alicyclic amines) is 1. The lowest BCUT2D eigenvalue weighted by Gasteiger charge is -2.19. The van der Waals surface area contributed by atoms with Crippen molar-refractivity contribution in [3.05, 3.63) is 0 Å². The van der Waals surface area contributed by atoms with Crippen molar-refractivity contribution in [2.45, 2.75) is 32.7 Å². The van der Waals surface area contributed by atoms with E-state index < -0.39 is 0 Å². The van der Waals surface area contributed by atoms with Crippen LogP contribution >= 0.6 is 0 Å². The lowest BCUT2D eigenvalue weighted by atomic mass is 10.1. The van der Waals surface area contributed by atoms with E-state index in [9.17, 15) is 4.79 Å². The molecular weight excluding hydrogens is 138 g/mol. The van der Waals surface area contributed by atoms with Gasteiger partial charge in [0.25, 0.3) is 0 Å². The number of nitrogens with zero attached hydrogens (tertiary/aromatic N) is 1. The molecule has 2 heteroatoms. The van der Waals surface area contributed by atoms with Crippen molar-refractivity contribution in [3.63, 3.8) is 0 Å². The zero-order valence-corrected chi connectivity index (χ0v) is 7.42. The Hall–Kier alpha value is -0.370. The van der Waals surface area contributed by atoms with Crippen molar-refractivity contribution >= 4 is 6.29 Å². The van der Waals surface area contributed by atoms with Gasteiger partial charge < -0.3 is 4.79 Å². The molecule has 0 N–H and O–H groups in total. The van der Waals surface area contributed by atoms with Crippen LogP contribution in [0.1, 0.15) is 26.7 Å². The molecule has 0 bridgehead atoms. The van der Waals surface area contributed by atoms with Crippen LogP contribution in [0.2, 0.25) is 0 Å². The van der Waals surface area contributed by atoms with Crippen LogP contribution in [0, 0.1) is 5.92 Å². The quantitative estimate of drug-likeness (QED) is 0.573. The van der Waals surface area contributed by atoms with E-state index in [1.54, 1.807) is 0 Å². The minimum Gasteiger partial charge on any atom is -0.302 e. The molecule has 0 saturated carbocycles. The number of rotatable bonds is 3. The second kappa shape index (κ2) is 3.86. The minimum atomic E-state index is 0.628. The van der Waals surface area contributed by atoms with E-state index in [4.69, 9.17) is 0 Å². The molecule has 0 amide bonds. The Morgan fingerprint density at radius 3 is 2.91 bits per heavy atom. The largest absolute Gasteiger partial charge is 0.302 e. The summed E-state index contributed by atoms with van der Waals surface area (Å²) in [5.74, 6) is 0.778. The van der Waals surface area contributed by atoms with Gasteiger partial charge in [0.05, 0.1) is 6.54 Å². The highest BCUT2D eigenvalue weighted by molar-refractivity contribution is 5.52. The molecule has 1 heterocycles. The first-order valence-corrected chi connectivity index (χ1v) is 4.45. The van der Waals surface area contributed by atoms with E-state index in [1.807, 2.05) is 0 Å². The zero-order chi connectivity index (χ0) is 8.27. The molecule has 64 valence electrons. The van der Waals surface area contributed by atoms with Crippen molar-refractivity contribution < 1.29 is 4.79 Å². The third-order valence-corrected chi connectivity index (χ3v) is 2.52. The fourth-order valence-electron chi connectivity index (χ4n) is 1.98. The van der Waals surface area contributed by atoms with Crippen LogP contribution in [0.3, 0.4) is 0 Å². The van der Waals surface area contributed by atoms with Gasteiger partial charge in [0.1, 0.15) is 6.29 Å². The van der Waals surface area contributed by atoms with E-state index in [0.29, 0.717) is 12.6 Å². The van der Waals surface area contributed by atoms with Gasteiger partial charge in [-0.25, -0.2) is 0 Å². The van der Waals surface area contributed by atoms with Crippen LogP contribution in [0.15, 0.2) is 0 Å². The van der Waals surface area contributed by atoms with E-state index >= 15 is 0 Å². The maximum absolute atomic E-state index is 10.3. The predicted molar refractivity (Wildman–Crippen MR) is 45.5 cm³/mol. The molecule has 1 fully saturated rings. The summed E-state index contributed by atoms with van der Waals surface area (Å²) in [6.07, 6.45) is 3.46. The molecule has 11 heavy (non-hydrogen) atoms. The molecule has 2 nitrogen and oxygen atoms in total. The average Bonchev–Trinajstić information content (AvgIpc) is 2.32. The summed E-state index contributed by atoms with van der Waals surface area (Å²) in [6, 6.07) is 0.662. The molecule has 0 spiro atoms. The minimum absolute atomic E-state index is 0.628. The first-order valence-electron chi connectivity index (χ1n) is 4.45. The van der Waals surface area contributed by atoms with Crippen LogP contribution < -0.4 is 0 Å². The maximum atomic E-state index is 10.3. The van der Waals surface area contributed by atoms with Crippen LogP contribution in [0.4, 0.5) is 0 Å². The van der Waals surface area contributed by atoms with E-state index in [2.05, 4.69) is 18.7 Å². The van der Waals surface area contributed by atoms with Gasteiger partial charge in [0.2, 0.25) is 0 Å². The van der Waals surface area contributed by atoms with Gasteiger partial charge >= 0.3 is 0 Å². The second-order valence-electron chi connectivity index (χ2n) is 3.52. The maximum Gasteiger partial charge on any atom is 0.133 e. The third kappa shape index (κ3) is 2.03. The summed E-state index contributed by atoms with van der Waals surface area (Å²) < 4.78 is 0. The Morgan fingerprint density at radius 1 is 1.64 bits per heavy atom. The van der Waals surface area contributed by atoms with Crippen LogP contribution in [0.5, 0.6) is 0 Å². The van der Waals surface area contributed by atoms with Crippen molar-refractivity contribution in [1.82, 2.24) is 4.90 Å². The van der Waals surface area contributed by atoms with Crippen LogP contribution in [-0.4, -0.2) is 30.3 Å². The Balaban J connectivity index is 2.43. The first kappa shape index (κ1) is 8.72. The highest BCUT2D eigenvalue weighted by Gasteiger charge is 2.27. The molecule has 0 aromatic heterocycles. The lowest BCUT2D eigenvalue weighted by Crippen LogP contribution is -2.30. The number of carbonyl (C=O) groups excluding carboxylic acids is 1. The molecule has 1 rings (SSSR count). The summed E-state index contributed by atoms with van der Waals surface area (Å²) in [5.41, 5.74) is 0. The standard InChI is InChI=1S/C9H17NO/c1-3-9-6-8(2)7-10(9)4-5-11/h5,8-9H,3-4,6-7H2,1-2H3. The van der Waals surface area contributed by atoms with Crippen molar-refractivity contribution in [2.75, 3.05) is 13.1 Å². The van der Waals surface area contributed by atoms with E-state index in [1.165, 1.54) is 12.8 Å². The number of aldehydes is 1. The molecule has 0 aliphatic carbocycles. The van der Waals surface area contributed by atoms with E-state index in [-0.39, 0.29) is 0 Å². The molecule has 0 aromatic carbocycles. The molecule has 2 unspecified atom stereocenters. The fourth-order valence-corrected chi connectivity index (χ4v) is 1.98. The number of hydrogen-bond acceptors (Lipinski definition) is 2. The Bertz CT molecular complexity index is 136. The summed E-state index contributed by atoms with van der Waals surface area (Å²) in [6.45, 7) is 6.19. The third-order valence-electron chi connectivity index (χ3n) is 2.52. The summed E-state index contributed by atoms with van der Waals surface area (Å²) in [5, 5.41) is 0. The fraction of sp³-hybridized carbons (Fsp3) is 0.889.